The van der Waals surface area contributed by atoms with Crippen molar-refractivity contribution in [3.8, 4) is 0 Å². The molecule has 0 spiro atoms. The van der Waals surface area contributed by atoms with Crippen molar-refractivity contribution in [1.29, 1.82) is 0 Å². The summed E-state index contributed by atoms with van der Waals surface area (Å²) >= 11 is 0. The van der Waals surface area contributed by atoms with Crippen molar-refractivity contribution in [1.82, 2.24) is 0 Å². The summed E-state index contributed by atoms with van der Waals surface area (Å²) in [5.41, 5.74) is 8.93. The Hall–Kier alpha value is -0.420. The first-order valence-corrected chi connectivity index (χ1v) is 20.4. The Morgan fingerprint density at radius 2 is 1.48 bits per heavy atom. The second-order valence-electron chi connectivity index (χ2n) is 17.4. The third kappa shape index (κ3) is 10.3. The third-order valence-corrected chi connectivity index (χ3v) is 13.6. The van der Waals surface area contributed by atoms with Gasteiger partial charge in [0.1, 0.15) is 0 Å². The highest BCUT2D eigenvalue weighted by molar-refractivity contribution is 5.25. The molecule has 0 amide bonds. The zero-order chi connectivity index (χ0) is 33.0. The van der Waals surface area contributed by atoms with Crippen molar-refractivity contribution < 1.29 is 14.2 Å². The molecule has 4 nitrogen and oxygen atoms in total. The molecule has 268 valence electrons. The predicted octanol–water partition coefficient (Wildman–Crippen LogP) is 10.9. The smallest absolute Gasteiger partial charge is 0.0640 e. The van der Waals surface area contributed by atoms with Crippen LogP contribution in [0.5, 0.6) is 0 Å². The minimum atomic E-state index is -0.0209. The van der Waals surface area contributed by atoms with Gasteiger partial charge in [0, 0.05) is 19.8 Å². The van der Waals surface area contributed by atoms with Crippen LogP contribution in [0.4, 0.5) is 0 Å². The lowest BCUT2D eigenvalue weighted by molar-refractivity contribution is -0.0643. The van der Waals surface area contributed by atoms with Gasteiger partial charge in [-0.15, -0.1) is 0 Å². The number of fused-ring (bicyclic) bond motifs is 5. The summed E-state index contributed by atoms with van der Waals surface area (Å²) in [7, 11) is 0. The van der Waals surface area contributed by atoms with E-state index in [9.17, 15) is 0 Å². The maximum atomic E-state index is 6.48. The van der Waals surface area contributed by atoms with Gasteiger partial charge in [0.25, 0.3) is 0 Å². The van der Waals surface area contributed by atoms with Crippen LogP contribution in [-0.4, -0.2) is 45.2 Å². The van der Waals surface area contributed by atoms with E-state index in [1.54, 1.807) is 5.57 Å². The predicted molar refractivity (Wildman–Crippen MR) is 195 cm³/mol. The van der Waals surface area contributed by atoms with E-state index in [2.05, 4.69) is 47.6 Å². The van der Waals surface area contributed by atoms with E-state index >= 15 is 0 Å². The Kier molecular flexibility index (Phi) is 15.9. The monoisotopic (exact) mass is 644 g/mol. The summed E-state index contributed by atoms with van der Waals surface area (Å²) in [6, 6.07) is -0.0209. The van der Waals surface area contributed by atoms with E-state index in [0.29, 0.717) is 30.1 Å². The first-order chi connectivity index (χ1) is 22.2. The van der Waals surface area contributed by atoms with E-state index in [1.807, 2.05) is 0 Å². The molecule has 4 aliphatic carbocycles. The summed E-state index contributed by atoms with van der Waals surface area (Å²) in [4.78, 5) is 0. The molecule has 3 fully saturated rings. The normalized spacial score (nSPS) is 33.7. The first kappa shape index (κ1) is 38.4. The third-order valence-electron chi connectivity index (χ3n) is 13.6. The zero-order valence-corrected chi connectivity index (χ0v) is 31.5. The molecule has 2 N–H and O–H groups in total. The topological polar surface area (TPSA) is 53.7 Å². The maximum absolute atomic E-state index is 6.48. The van der Waals surface area contributed by atoms with Crippen LogP contribution in [0.2, 0.25) is 0 Å². The molecular formula is C42H77NO3. The Bertz CT molecular complexity index is 888. The van der Waals surface area contributed by atoms with E-state index in [0.717, 1.165) is 74.6 Å². The molecule has 0 heterocycles. The number of rotatable bonds is 22. The molecule has 4 heteroatoms. The fourth-order valence-electron chi connectivity index (χ4n) is 10.9. The number of unbranched alkanes of at least 4 members (excludes halogenated alkanes) is 6. The quantitative estimate of drug-likeness (QED) is 0.0942. The van der Waals surface area contributed by atoms with Crippen LogP contribution in [0.25, 0.3) is 0 Å². The highest BCUT2D eigenvalue weighted by Crippen LogP contribution is 2.67. The van der Waals surface area contributed by atoms with Crippen molar-refractivity contribution in [3.63, 3.8) is 0 Å². The van der Waals surface area contributed by atoms with Crippen LogP contribution in [0.3, 0.4) is 0 Å². The number of hydrogen-bond donors (Lipinski definition) is 1. The Labute approximate surface area is 286 Å². The highest BCUT2D eigenvalue weighted by Gasteiger charge is 2.59. The standard InChI is InChI=1S/C42H77NO3/c1-7-8-9-10-11-12-26-44-30-35(43)31-45-27-13-14-28-46-36-22-24-41(5)34(29-36)18-19-37-39-21-20-38(33(4)17-15-16-32(2)3)42(39,6)25-23-40(37)41/h18,32-33,35-40H,7-17,19-31,43H2,1-6H3/t33-,35+,36+,37?,38-,39?,40?,41+,42-/m1/s1. The Balaban J connectivity index is 1.10. The lowest BCUT2D eigenvalue weighted by atomic mass is 9.47. The van der Waals surface area contributed by atoms with Crippen LogP contribution < -0.4 is 5.73 Å². The van der Waals surface area contributed by atoms with Crippen molar-refractivity contribution >= 4 is 0 Å². The van der Waals surface area contributed by atoms with Crippen LogP contribution in [0.15, 0.2) is 11.6 Å². The van der Waals surface area contributed by atoms with E-state index < -0.39 is 0 Å². The van der Waals surface area contributed by atoms with Crippen LogP contribution in [0, 0.1) is 46.3 Å². The fourth-order valence-corrected chi connectivity index (χ4v) is 10.9. The second-order valence-corrected chi connectivity index (χ2v) is 17.4. The van der Waals surface area contributed by atoms with Gasteiger partial charge >= 0.3 is 0 Å². The van der Waals surface area contributed by atoms with Gasteiger partial charge in [-0.25, -0.2) is 0 Å². The largest absolute Gasteiger partial charge is 0.380 e. The van der Waals surface area contributed by atoms with Crippen molar-refractivity contribution in [3.05, 3.63) is 11.6 Å². The summed E-state index contributed by atoms with van der Waals surface area (Å²) in [6.45, 7) is 18.6. The van der Waals surface area contributed by atoms with Gasteiger partial charge in [0.2, 0.25) is 0 Å². The van der Waals surface area contributed by atoms with E-state index in [4.69, 9.17) is 19.9 Å². The lowest BCUT2D eigenvalue weighted by Crippen LogP contribution is -2.51. The zero-order valence-electron chi connectivity index (χ0n) is 31.5. The van der Waals surface area contributed by atoms with E-state index in [1.165, 1.54) is 103 Å². The molecule has 3 saturated carbocycles. The number of allylic oxidation sites excluding steroid dienone is 1. The van der Waals surface area contributed by atoms with Gasteiger partial charge in [-0.1, -0.05) is 105 Å². The summed E-state index contributed by atoms with van der Waals surface area (Å²) in [5.74, 6) is 5.44. The van der Waals surface area contributed by atoms with Crippen molar-refractivity contribution in [2.75, 3.05) is 33.0 Å². The minimum Gasteiger partial charge on any atom is -0.380 e. The van der Waals surface area contributed by atoms with Gasteiger partial charge in [0.15, 0.2) is 0 Å². The number of hydrogen-bond acceptors (Lipinski definition) is 4. The molecule has 0 radical (unpaired) electrons. The summed E-state index contributed by atoms with van der Waals surface area (Å²) in [5, 5.41) is 0. The molecule has 9 atom stereocenters. The fraction of sp³-hybridized carbons (Fsp3) is 0.952. The van der Waals surface area contributed by atoms with Gasteiger partial charge in [-0.05, 0) is 117 Å². The summed E-state index contributed by atoms with van der Waals surface area (Å²) in [6.07, 6.45) is 28.2. The maximum Gasteiger partial charge on any atom is 0.0640 e. The molecular weight excluding hydrogens is 566 g/mol. The second kappa shape index (κ2) is 19.1. The SMILES string of the molecule is CCCCCCCCOC[C@H](N)COCCCCO[C@H]1CC[C@@]2(C)C(=CCC3C2CC[C@@]2(C)C3CC[C@@H]2[C@H](C)CCCC(C)C)C1. The Morgan fingerprint density at radius 1 is 0.783 bits per heavy atom. The molecule has 0 aliphatic heterocycles. The van der Waals surface area contributed by atoms with Gasteiger partial charge < -0.3 is 19.9 Å². The molecule has 0 aromatic rings. The van der Waals surface area contributed by atoms with Crippen molar-refractivity contribution in [2.45, 2.75) is 176 Å². The molecule has 4 aliphatic rings. The molecule has 0 aromatic heterocycles. The van der Waals surface area contributed by atoms with Gasteiger partial charge in [-0.3, -0.25) is 0 Å². The van der Waals surface area contributed by atoms with Gasteiger partial charge in [-0.2, -0.15) is 0 Å². The number of nitrogens with two attached hydrogens (primary N) is 1. The van der Waals surface area contributed by atoms with Gasteiger partial charge in [0.05, 0.1) is 25.4 Å². The molecule has 46 heavy (non-hydrogen) atoms. The molecule has 0 aromatic carbocycles. The number of ether oxygens (including phenoxy) is 3. The first-order valence-electron chi connectivity index (χ1n) is 20.4. The minimum absolute atomic E-state index is 0.0209. The van der Waals surface area contributed by atoms with E-state index in [-0.39, 0.29) is 6.04 Å². The lowest BCUT2D eigenvalue weighted by Gasteiger charge is -2.58. The highest BCUT2D eigenvalue weighted by atomic mass is 16.5. The van der Waals surface area contributed by atoms with Crippen molar-refractivity contribution in [2.24, 2.45) is 52.1 Å². The average molecular weight is 644 g/mol. The van der Waals surface area contributed by atoms with Crippen LogP contribution in [-0.2, 0) is 14.2 Å². The molecule has 4 rings (SSSR count). The summed E-state index contributed by atoms with van der Waals surface area (Å²) < 4.78 is 18.1. The Morgan fingerprint density at radius 3 is 2.22 bits per heavy atom. The molecule has 0 bridgehead atoms. The van der Waals surface area contributed by atoms with Crippen LogP contribution >= 0.6 is 0 Å². The molecule has 0 saturated heterocycles. The van der Waals surface area contributed by atoms with Crippen LogP contribution in [0.1, 0.15) is 164 Å². The molecule has 3 unspecified atom stereocenters. The average Bonchev–Trinajstić information content (AvgIpc) is 3.39.